The van der Waals surface area contributed by atoms with E-state index >= 15 is 0 Å². The molecule has 1 saturated carbocycles. The van der Waals surface area contributed by atoms with Gasteiger partial charge in [-0.15, -0.1) is 5.10 Å². The number of carbonyl (C=O) groups excluding carboxylic acids is 2. The first-order valence-corrected chi connectivity index (χ1v) is 11.0. The highest BCUT2D eigenvalue weighted by Crippen LogP contribution is 2.32. The number of thioether (sulfide) groups is 1. The standard InChI is InChI=1S/C21H29N5O2S/c1-14(29-20-23-24-25-26(20)17-8-6-5-7-9-17)18(27)15-10-12-16(13-11-15)22-19(28)21(2,3)4/h10-14,17H,5-9H2,1-4H3,(H,22,28)/t14-/m1/s1. The number of anilines is 1. The molecule has 1 N–H and O–H groups in total. The fraction of sp³-hybridized carbons (Fsp3) is 0.571. The van der Waals surface area contributed by atoms with Crippen molar-refractivity contribution < 1.29 is 9.59 Å². The van der Waals surface area contributed by atoms with Gasteiger partial charge in [-0.25, -0.2) is 4.68 Å². The van der Waals surface area contributed by atoms with Gasteiger partial charge in [-0.1, -0.05) is 51.8 Å². The number of hydrogen-bond acceptors (Lipinski definition) is 6. The fourth-order valence-corrected chi connectivity index (χ4v) is 4.24. The number of nitrogens with one attached hydrogen (secondary N) is 1. The molecule has 1 amide bonds. The third kappa shape index (κ3) is 5.44. The zero-order valence-electron chi connectivity index (χ0n) is 17.5. The minimum atomic E-state index is -0.470. The molecule has 0 unspecified atom stereocenters. The molecule has 2 aromatic rings. The summed E-state index contributed by atoms with van der Waals surface area (Å²) in [4.78, 5) is 25.0. The van der Waals surface area contributed by atoms with Crippen LogP contribution in [0.4, 0.5) is 5.69 Å². The number of amides is 1. The van der Waals surface area contributed by atoms with Crippen LogP contribution < -0.4 is 5.32 Å². The van der Waals surface area contributed by atoms with Gasteiger partial charge in [0.25, 0.3) is 0 Å². The van der Waals surface area contributed by atoms with E-state index in [9.17, 15) is 9.59 Å². The van der Waals surface area contributed by atoms with Crippen LogP contribution in [0.1, 0.15) is 76.2 Å². The van der Waals surface area contributed by atoms with Crippen molar-refractivity contribution in [3.05, 3.63) is 29.8 Å². The number of rotatable bonds is 6. The van der Waals surface area contributed by atoms with Crippen molar-refractivity contribution >= 4 is 29.1 Å². The van der Waals surface area contributed by atoms with E-state index < -0.39 is 5.41 Å². The van der Waals surface area contributed by atoms with Gasteiger partial charge in [-0.3, -0.25) is 9.59 Å². The molecule has 0 radical (unpaired) electrons. The normalized spacial score (nSPS) is 16.4. The number of nitrogens with zero attached hydrogens (tertiary/aromatic N) is 4. The molecule has 1 heterocycles. The highest BCUT2D eigenvalue weighted by atomic mass is 32.2. The molecule has 0 spiro atoms. The Hall–Kier alpha value is -2.22. The summed E-state index contributed by atoms with van der Waals surface area (Å²) in [6.45, 7) is 7.46. The summed E-state index contributed by atoms with van der Waals surface area (Å²) < 4.78 is 1.89. The molecule has 1 atom stereocenters. The van der Waals surface area contributed by atoms with E-state index in [1.54, 1.807) is 24.3 Å². The second-order valence-electron chi connectivity index (χ2n) is 8.60. The highest BCUT2D eigenvalue weighted by molar-refractivity contribution is 8.00. The van der Waals surface area contributed by atoms with Gasteiger partial charge in [0.15, 0.2) is 5.78 Å². The molecule has 3 rings (SSSR count). The van der Waals surface area contributed by atoms with Crippen molar-refractivity contribution in [3.63, 3.8) is 0 Å². The number of hydrogen-bond donors (Lipinski definition) is 1. The summed E-state index contributed by atoms with van der Waals surface area (Å²) in [6, 6.07) is 7.36. The molecule has 7 nitrogen and oxygen atoms in total. The smallest absolute Gasteiger partial charge is 0.229 e. The molecule has 1 aliphatic rings. The average Bonchev–Trinajstić information content (AvgIpc) is 3.16. The second kappa shape index (κ2) is 9.07. The first-order chi connectivity index (χ1) is 13.8. The number of aromatic nitrogens is 4. The Morgan fingerprint density at radius 1 is 1.14 bits per heavy atom. The molecule has 156 valence electrons. The van der Waals surface area contributed by atoms with Crippen molar-refractivity contribution in [1.82, 2.24) is 20.2 Å². The predicted molar refractivity (Wildman–Crippen MR) is 114 cm³/mol. The van der Waals surface area contributed by atoms with E-state index in [0.29, 0.717) is 22.4 Å². The van der Waals surface area contributed by atoms with Crippen LogP contribution in [-0.4, -0.2) is 37.1 Å². The maximum absolute atomic E-state index is 12.9. The predicted octanol–water partition coefficient (Wildman–Crippen LogP) is 4.53. The van der Waals surface area contributed by atoms with Gasteiger partial charge in [0.05, 0.1) is 11.3 Å². The zero-order chi connectivity index (χ0) is 21.0. The largest absolute Gasteiger partial charge is 0.326 e. The Labute approximate surface area is 176 Å². The van der Waals surface area contributed by atoms with Gasteiger partial charge < -0.3 is 5.32 Å². The number of tetrazole rings is 1. The Morgan fingerprint density at radius 3 is 2.41 bits per heavy atom. The third-order valence-electron chi connectivity index (χ3n) is 5.14. The van der Waals surface area contributed by atoms with Crippen LogP contribution >= 0.6 is 11.8 Å². The monoisotopic (exact) mass is 415 g/mol. The van der Waals surface area contributed by atoms with Crippen LogP contribution in [0.25, 0.3) is 0 Å². The van der Waals surface area contributed by atoms with Gasteiger partial charge in [0.1, 0.15) is 0 Å². The maximum Gasteiger partial charge on any atom is 0.229 e. The molecule has 1 aliphatic carbocycles. The summed E-state index contributed by atoms with van der Waals surface area (Å²) in [6.07, 6.45) is 5.83. The van der Waals surface area contributed by atoms with E-state index in [4.69, 9.17) is 0 Å². The minimum Gasteiger partial charge on any atom is -0.326 e. The molecule has 1 aromatic heterocycles. The average molecular weight is 416 g/mol. The molecular formula is C21H29N5O2S. The second-order valence-corrected chi connectivity index (χ2v) is 9.91. The summed E-state index contributed by atoms with van der Waals surface area (Å²) in [7, 11) is 0. The van der Waals surface area contributed by atoms with E-state index in [-0.39, 0.29) is 16.9 Å². The van der Waals surface area contributed by atoms with Crippen LogP contribution in [-0.2, 0) is 4.79 Å². The quantitative estimate of drug-likeness (QED) is 0.551. The number of benzene rings is 1. The van der Waals surface area contributed by atoms with Crippen molar-refractivity contribution in [2.24, 2.45) is 5.41 Å². The van der Waals surface area contributed by atoms with Gasteiger partial charge in [-0.2, -0.15) is 0 Å². The van der Waals surface area contributed by atoms with Gasteiger partial charge in [0, 0.05) is 16.7 Å². The topological polar surface area (TPSA) is 89.8 Å². The van der Waals surface area contributed by atoms with E-state index in [1.165, 1.54) is 31.0 Å². The SMILES string of the molecule is C[C@@H](Sc1nnnn1C1CCCCC1)C(=O)c1ccc(NC(=O)C(C)(C)C)cc1. The van der Waals surface area contributed by atoms with Crippen LogP contribution in [0, 0.1) is 5.41 Å². The van der Waals surface area contributed by atoms with Crippen molar-refractivity contribution in [1.29, 1.82) is 0 Å². The number of carbonyl (C=O) groups is 2. The molecule has 0 aliphatic heterocycles. The lowest BCUT2D eigenvalue weighted by atomic mass is 9.95. The van der Waals surface area contributed by atoms with Crippen LogP contribution in [0.2, 0.25) is 0 Å². The van der Waals surface area contributed by atoms with E-state index in [0.717, 1.165) is 12.8 Å². The van der Waals surface area contributed by atoms with E-state index in [1.807, 2.05) is 32.4 Å². The summed E-state index contributed by atoms with van der Waals surface area (Å²) in [5, 5.41) is 15.4. The number of Topliss-reactive ketones (excluding diaryl/α,β-unsaturated/α-hetero) is 1. The van der Waals surface area contributed by atoms with Crippen molar-refractivity contribution in [2.45, 2.75) is 76.2 Å². The Kier molecular flexibility index (Phi) is 6.72. The zero-order valence-corrected chi connectivity index (χ0v) is 18.3. The van der Waals surface area contributed by atoms with Crippen molar-refractivity contribution in [2.75, 3.05) is 5.32 Å². The highest BCUT2D eigenvalue weighted by Gasteiger charge is 2.25. The summed E-state index contributed by atoms with van der Waals surface area (Å²) in [5.74, 6) is -0.0445. The van der Waals surface area contributed by atoms with Crippen LogP contribution in [0.5, 0.6) is 0 Å². The minimum absolute atomic E-state index is 0.0156. The lowest BCUT2D eigenvalue weighted by molar-refractivity contribution is -0.123. The first kappa shape index (κ1) is 21.5. The lowest BCUT2D eigenvalue weighted by Crippen LogP contribution is -2.27. The van der Waals surface area contributed by atoms with Gasteiger partial charge >= 0.3 is 0 Å². The Balaban J connectivity index is 1.63. The van der Waals surface area contributed by atoms with Gasteiger partial charge in [-0.05, 0) is 54.5 Å². The van der Waals surface area contributed by atoms with Crippen molar-refractivity contribution in [3.8, 4) is 0 Å². The summed E-state index contributed by atoms with van der Waals surface area (Å²) >= 11 is 1.40. The molecule has 1 aromatic carbocycles. The van der Waals surface area contributed by atoms with Gasteiger partial charge in [0.2, 0.25) is 11.1 Å². The Morgan fingerprint density at radius 2 is 1.79 bits per heavy atom. The maximum atomic E-state index is 12.9. The fourth-order valence-electron chi connectivity index (χ4n) is 3.30. The molecule has 29 heavy (non-hydrogen) atoms. The molecule has 0 bridgehead atoms. The molecule has 8 heteroatoms. The van der Waals surface area contributed by atoms with Crippen LogP contribution in [0.15, 0.2) is 29.4 Å². The Bertz CT molecular complexity index is 851. The number of ketones is 1. The molecule has 0 saturated heterocycles. The summed E-state index contributed by atoms with van der Waals surface area (Å²) in [5.41, 5.74) is 0.820. The van der Waals surface area contributed by atoms with E-state index in [2.05, 4.69) is 20.8 Å². The molecule has 1 fully saturated rings. The van der Waals surface area contributed by atoms with Crippen LogP contribution in [0.3, 0.4) is 0 Å². The molecular weight excluding hydrogens is 386 g/mol. The first-order valence-electron chi connectivity index (χ1n) is 10.2. The third-order valence-corrected chi connectivity index (χ3v) is 6.19. The lowest BCUT2D eigenvalue weighted by Gasteiger charge is -2.22.